The maximum atomic E-state index is 8.49. The van der Waals surface area contributed by atoms with E-state index in [-0.39, 0.29) is 0 Å². The molecule has 1 aromatic rings. The molecular formula is C8H5BClN. The Balaban J connectivity index is 3.12. The number of nitrogens with zero attached hydrogens (tertiary/aromatic N) is 1. The zero-order chi connectivity index (χ0) is 8.27. The van der Waals surface area contributed by atoms with Gasteiger partial charge in [0.2, 0.25) is 0 Å². The Morgan fingerprint density at radius 3 is 2.73 bits per heavy atom. The molecule has 1 aromatic carbocycles. The van der Waals surface area contributed by atoms with Gasteiger partial charge in [0.15, 0.2) is 0 Å². The lowest BCUT2D eigenvalue weighted by atomic mass is 9.96. The third-order valence-corrected chi connectivity index (χ3v) is 1.75. The molecule has 0 bridgehead atoms. The van der Waals surface area contributed by atoms with Gasteiger partial charge < -0.3 is 0 Å². The number of benzene rings is 1. The lowest BCUT2D eigenvalue weighted by Crippen LogP contribution is -1.85. The van der Waals surface area contributed by atoms with E-state index in [0.717, 1.165) is 5.56 Å². The van der Waals surface area contributed by atoms with Crippen LogP contribution in [0.1, 0.15) is 11.1 Å². The second-order valence-corrected chi connectivity index (χ2v) is 2.53. The van der Waals surface area contributed by atoms with Crippen LogP contribution in [0.5, 0.6) is 0 Å². The first kappa shape index (κ1) is 8.16. The van der Waals surface area contributed by atoms with Crippen LogP contribution in [0.4, 0.5) is 0 Å². The zero-order valence-corrected chi connectivity index (χ0v) is 6.60. The molecule has 0 unspecified atom stereocenters. The van der Waals surface area contributed by atoms with E-state index in [0.29, 0.717) is 16.9 Å². The minimum atomic E-state index is 0.407. The van der Waals surface area contributed by atoms with Gasteiger partial charge >= 0.3 is 0 Å². The van der Waals surface area contributed by atoms with Gasteiger partial charge in [0.25, 0.3) is 0 Å². The van der Waals surface area contributed by atoms with Crippen molar-refractivity contribution >= 4 is 19.4 Å². The van der Waals surface area contributed by atoms with E-state index in [1.807, 2.05) is 6.07 Å². The van der Waals surface area contributed by atoms with E-state index in [2.05, 4.69) is 0 Å². The molecule has 52 valence electrons. The van der Waals surface area contributed by atoms with Gasteiger partial charge in [0, 0.05) is 5.02 Å². The van der Waals surface area contributed by atoms with Crippen LogP contribution in [0.3, 0.4) is 0 Å². The fourth-order valence-corrected chi connectivity index (χ4v) is 1.04. The quantitative estimate of drug-likeness (QED) is 0.577. The highest BCUT2D eigenvalue weighted by molar-refractivity contribution is 6.32. The van der Waals surface area contributed by atoms with Crippen LogP contribution in [-0.2, 0) is 6.32 Å². The van der Waals surface area contributed by atoms with Gasteiger partial charge in [0.1, 0.15) is 0 Å². The summed E-state index contributed by atoms with van der Waals surface area (Å²) < 4.78 is 0. The molecule has 1 rings (SSSR count). The van der Waals surface area contributed by atoms with Crippen molar-refractivity contribution in [2.24, 2.45) is 0 Å². The first-order valence-corrected chi connectivity index (χ1v) is 3.54. The van der Waals surface area contributed by atoms with Crippen molar-refractivity contribution in [3.8, 4) is 6.07 Å². The van der Waals surface area contributed by atoms with Crippen LogP contribution < -0.4 is 0 Å². The maximum Gasteiger partial charge on any atom is 0.0992 e. The molecular weight excluding hydrogens is 156 g/mol. The molecule has 0 N–H and O–H groups in total. The van der Waals surface area contributed by atoms with Gasteiger partial charge in [0.05, 0.1) is 19.5 Å². The Bertz CT molecular complexity index is 303. The minimum absolute atomic E-state index is 0.407. The second-order valence-electron chi connectivity index (χ2n) is 2.12. The molecule has 0 spiro atoms. The molecule has 1 nitrogen and oxygen atoms in total. The van der Waals surface area contributed by atoms with Gasteiger partial charge in [-0.25, -0.2) is 0 Å². The Kier molecular flexibility index (Phi) is 2.56. The van der Waals surface area contributed by atoms with Crippen molar-refractivity contribution in [3.63, 3.8) is 0 Å². The molecule has 3 heteroatoms. The van der Waals surface area contributed by atoms with E-state index < -0.39 is 0 Å². The van der Waals surface area contributed by atoms with Gasteiger partial charge in [-0.2, -0.15) is 5.26 Å². The molecule has 0 aliphatic heterocycles. The summed E-state index contributed by atoms with van der Waals surface area (Å²) in [5.74, 6) is 0. The topological polar surface area (TPSA) is 23.8 Å². The highest BCUT2D eigenvalue weighted by atomic mass is 35.5. The van der Waals surface area contributed by atoms with E-state index in [1.165, 1.54) is 0 Å². The van der Waals surface area contributed by atoms with Crippen molar-refractivity contribution in [1.29, 1.82) is 5.26 Å². The van der Waals surface area contributed by atoms with Crippen molar-refractivity contribution in [1.82, 2.24) is 0 Å². The summed E-state index contributed by atoms with van der Waals surface area (Å²) in [5.41, 5.74) is 1.43. The molecule has 0 aliphatic carbocycles. The van der Waals surface area contributed by atoms with Crippen LogP contribution in [0.15, 0.2) is 18.2 Å². The van der Waals surface area contributed by atoms with Gasteiger partial charge in [-0.05, 0) is 17.7 Å². The second kappa shape index (κ2) is 3.45. The van der Waals surface area contributed by atoms with Crippen molar-refractivity contribution in [2.75, 3.05) is 0 Å². The Hall–Kier alpha value is -0.935. The van der Waals surface area contributed by atoms with E-state index in [4.69, 9.17) is 24.7 Å². The fraction of sp³-hybridized carbons (Fsp3) is 0.125. The van der Waals surface area contributed by atoms with Crippen molar-refractivity contribution in [2.45, 2.75) is 6.32 Å². The summed E-state index contributed by atoms with van der Waals surface area (Å²) >= 11 is 5.78. The SMILES string of the molecule is [B]Cc1ccc(C#N)cc1Cl. The molecule has 0 amide bonds. The van der Waals surface area contributed by atoms with Gasteiger partial charge in [-0.3, -0.25) is 0 Å². The lowest BCUT2D eigenvalue weighted by Gasteiger charge is -1.99. The number of rotatable bonds is 1. The molecule has 0 aromatic heterocycles. The smallest absolute Gasteiger partial charge is 0.0992 e. The molecule has 2 radical (unpaired) electrons. The largest absolute Gasteiger partial charge is 0.192 e. The number of halogens is 1. The molecule has 0 aliphatic rings. The van der Waals surface area contributed by atoms with Crippen molar-refractivity contribution in [3.05, 3.63) is 34.3 Å². The highest BCUT2D eigenvalue weighted by Crippen LogP contribution is 2.16. The molecule has 0 fully saturated rings. The number of nitriles is 1. The van der Waals surface area contributed by atoms with Crippen LogP contribution in [-0.4, -0.2) is 7.85 Å². The third kappa shape index (κ3) is 1.75. The number of hydrogen-bond acceptors (Lipinski definition) is 1. The standard InChI is InChI=1S/C8H5BClN/c9-4-7-2-1-6(5-11)3-8(7)10/h1-3H,4H2. The molecule has 0 atom stereocenters. The normalized spacial score (nSPS) is 9.09. The fourth-order valence-electron chi connectivity index (χ4n) is 0.782. The first-order valence-electron chi connectivity index (χ1n) is 3.16. The van der Waals surface area contributed by atoms with Crippen molar-refractivity contribution < 1.29 is 0 Å². The minimum Gasteiger partial charge on any atom is -0.192 e. The zero-order valence-electron chi connectivity index (χ0n) is 5.84. The first-order chi connectivity index (χ1) is 5.27. The van der Waals surface area contributed by atoms with Crippen LogP contribution in [0.2, 0.25) is 5.02 Å². The monoisotopic (exact) mass is 161 g/mol. The third-order valence-electron chi connectivity index (χ3n) is 1.40. The van der Waals surface area contributed by atoms with E-state index in [9.17, 15) is 0 Å². The van der Waals surface area contributed by atoms with Crippen LogP contribution in [0.25, 0.3) is 0 Å². The molecule has 0 saturated heterocycles. The average Bonchev–Trinajstić information content (AvgIpc) is 2.04. The maximum absolute atomic E-state index is 8.49. The Morgan fingerprint density at radius 1 is 1.55 bits per heavy atom. The predicted molar refractivity (Wildman–Crippen MR) is 45.6 cm³/mol. The summed E-state index contributed by atoms with van der Waals surface area (Å²) in [7, 11) is 5.37. The summed E-state index contributed by atoms with van der Waals surface area (Å²) in [6.45, 7) is 0. The lowest BCUT2D eigenvalue weighted by molar-refractivity contribution is 1.38. The number of hydrogen-bond donors (Lipinski definition) is 0. The van der Waals surface area contributed by atoms with Gasteiger partial charge in [-0.15, -0.1) is 0 Å². The van der Waals surface area contributed by atoms with Crippen LogP contribution in [0, 0.1) is 11.3 Å². The van der Waals surface area contributed by atoms with E-state index >= 15 is 0 Å². The summed E-state index contributed by atoms with van der Waals surface area (Å²) in [5, 5.41) is 9.05. The molecule has 11 heavy (non-hydrogen) atoms. The van der Waals surface area contributed by atoms with Gasteiger partial charge in [-0.1, -0.05) is 24.0 Å². The summed E-state index contributed by atoms with van der Waals surface area (Å²) in [4.78, 5) is 0. The Morgan fingerprint density at radius 2 is 2.27 bits per heavy atom. The molecule has 0 heterocycles. The average molecular weight is 161 g/mol. The highest BCUT2D eigenvalue weighted by Gasteiger charge is 1.97. The summed E-state index contributed by atoms with van der Waals surface area (Å²) in [6.07, 6.45) is 0.407. The summed E-state index contributed by atoms with van der Waals surface area (Å²) in [6, 6.07) is 7.08. The van der Waals surface area contributed by atoms with Crippen LogP contribution >= 0.6 is 11.6 Å². The predicted octanol–water partition coefficient (Wildman–Crippen LogP) is 1.88. The Labute approximate surface area is 72.0 Å². The molecule has 0 saturated carbocycles. The van der Waals surface area contributed by atoms with E-state index in [1.54, 1.807) is 18.2 Å².